The molecule has 1 amide bonds. The second-order valence-corrected chi connectivity index (χ2v) is 8.57. The molecule has 0 N–H and O–H groups in total. The number of anilines is 1. The van der Waals surface area contributed by atoms with Gasteiger partial charge >= 0.3 is 0 Å². The van der Waals surface area contributed by atoms with E-state index in [4.69, 9.17) is 0 Å². The van der Waals surface area contributed by atoms with E-state index in [0.29, 0.717) is 38.4 Å². The maximum absolute atomic E-state index is 14.0. The van der Waals surface area contributed by atoms with Crippen molar-refractivity contribution < 1.29 is 13.6 Å². The number of amides is 1. The van der Waals surface area contributed by atoms with Crippen LogP contribution in [0.4, 0.5) is 14.5 Å². The molecule has 1 aromatic carbocycles. The van der Waals surface area contributed by atoms with Crippen molar-refractivity contribution in [2.75, 3.05) is 63.8 Å². The number of nitrogens with zero attached hydrogens (tertiary/aromatic N) is 4. The molecule has 29 heavy (non-hydrogen) atoms. The first-order chi connectivity index (χ1) is 14.1. The van der Waals surface area contributed by atoms with Gasteiger partial charge in [-0.25, -0.2) is 8.78 Å². The fourth-order valence-electron chi connectivity index (χ4n) is 4.96. The summed E-state index contributed by atoms with van der Waals surface area (Å²) in [7, 11) is 0. The topological polar surface area (TPSA) is 30.0 Å². The average molecular weight is 407 g/mol. The van der Waals surface area contributed by atoms with Crippen LogP contribution in [0.25, 0.3) is 0 Å². The van der Waals surface area contributed by atoms with Gasteiger partial charge < -0.3 is 9.80 Å². The van der Waals surface area contributed by atoms with Crippen LogP contribution in [-0.2, 0) is 4.79 Å². The van der Waals surface area contributed by atoms with Crippen LogP contribution >= 0.6 is 0 Å². The van der Waals surface area contributed by atoms with Gasteiger partial charge in [0.25, 0.3) is 0 Å². The quantitative estimate of drug-likeness (QED) is 0.769. The zero-order chi connectivity index (χ0) is 20.2. The molecule has 2 aliphatic heterocycles. The molecule has 1 aliphatic carbocycles. The van der Waals surface area contributed by atoms with Crippen LogP contribution in [0, 0.1) is 11.6 Å². The monoisotopic (exact) mass is 406 g/mol. The summed E-state index contributed by atoms with van der Waals surface area (Å²) in [6.07, 6.45) is 6.69. The molecule has 0 spiro atoms. The molecule has 0 unspecified atom stereocenters. The Hall–Kier alpha value is -1.73. The highest BCUT2D eigenvalue weighted by Gasteiger charge is 2.28. The zero-order valence-electron chi connectivity index (χ0n) is 17.2. The van der Waals surface area contributed by atoms with Crippen LogP contribution in [-0.4, -0.2) is 85.6 Å². The third-order valence-electron chi connectivity index (χ3n) is 6.74. The van der Waals surface area contributed by atoms with E-state index in [1.54, 1.807) is 0 Å². The normalized spacial score (nSPS) is 22.8. The van der Waals surface area contributed by atoms with Crippen LogP contribution in [0.5, 0.6) is 0 Å². The summed E-state index contributed by atoms with van der Waals surface area (Å²) in [4.78, 5) is 21.4. The molecule has 4 rings (SSSR count). The Labute approximate surface area is 172 Å². The van der Waals surface area contributed by atoms with Gasteiger partial charge in [0.2, 0.25) is 5.91 Å². The van der Waals surface area contributed by atoms with Crippen molar-refractivity contribution in [2.45, 2.75) is 38.1 Å². The molecule has 5 nitrogen and oxygen atoms in total. The second kappa shape index (κ2) is 9.39. The van der Waals surface area contributed by atoms with Crippen LogP contribution in [0.3, 0.4) is 0 Å². The first kappa shape index (κ1) is 20.5. The van der Waals surface area contributed by atoms with E-state index in [0.717, 1.165) is 38.3 Å². The highest BCUT2D eigenvalue weighted by molar-refractivity contribution is 5.78. The summed E-state index contributed by atoms with van der Waals surface area (Å²) in [6.45, 7) is 6.79. The molecule has 0 radical (unpaired) electrons. The number of halogens is 2. The van der Waals surface area contributed by atoms with Crippen molar-refractivity contribution in [1.29, 1.82) is 0 Å². The van der Waals surface area contributed by atoms with E-state index in [-0.39, 0.29) is 5.91 Å². The van der Waals surface area contributed by atoms with E-state index >= 15 is 0 Å². The van der Waals surface area contributed by atoms with Crippen LogP contribution in [0.2, 0.25) is 0 Å². The van der Waals surface area contributed by atoms with Gasteiger partial charge in [-0.05, 0) is 25.0 Å². The summed E-state index contributed by atoms with van der Waals surface area (Å²) < 4.78 is 27.1. The molecule has 0 aromatic heterocycles. The summed E-state index contributed by atoms with van der Waals surface area (Å²) in [5, 5.41) is 0. The SMILES string of the molecule is O=C(CN1CCN(c2ccc(F)cc2F)CC1)N1CCN(C2CCCCC2)CC1. The highest BCUT2D eigenvalue weighted by atomic mass is 19.1. The standard InChI is InChI=1S/C22H32F2N4O/c23-18-6-7-21(20(24)16-18)27-10-8-25(9-11-27)17-22(29)28-14-12-26(13-15-28)19-4-2-1-3-5-19/h6-7,16,19H,1-5,8-15,17H2. The van der Waals surface area contributed by atoms with Crippen LogP contribution in [0.15, 0.2) is 18.2 Å². The van der Waals surface area contributed by atoms with Crippen molar-refractivity contribution in [2.24, 2.45) is 0 Å². The molecule has 0 atom stereocenters. The molecule has 1 aromatic rings. The van der Waals surface area contributed by atoms with Crippen molar-refractivity contribution in [1.82, 2.24) is 14.7 Å². The minimum absolute atomic E-state index is 0.203. The molecule has 160 valence electrons. The lowest BCUT2D eigenvalue weighted by molar-refractivity contribution is -0.134. The minimum atomic E-state index is -0.556. The molecule has 2 saturated heterocycles. The predicted octanol–water partition coefficient (Wildman–Crippen LogP) is 2.56. The fraction of sp³-hybridized carbons (Fsp3) is 0.682. The van der Waals surface area contributed by atoms with E-state index in [1.807, 2.05) is 9.80 Å². The van der Waals surface area contributed by atoms with Gasteiger partial charge in [0.1, 0.15) is 11.6 Å². The van der Waals surface area contributed by atoms with Crippen molar-refractivity contribution >= 4 is 11.6 Å². The third kappa shape index (κ3) is 5.07. The van der Waals surface area contributed by atoms with Gasteiger partial charge in [0.15, 0.2) is 0 Å². The third-order valence-corrected chi connectivity index (χ3v) is 6.74. The molecule has 3 fully saturated rings. The maximum atomic E-state index is 14.0. The number of hydrogen-bond donors (Lipinski definition) is 0. The van der Waals surface area contributed by atoms with Crippen LogP contribution < -0.4 is 4.90 Å². The van der Waals surface area contributed by atoms with Crippen LogP contribution in [0.1, 0.15) is 32.1 Å². The smallest absolute Gasteiger partial charge is 0.236 e. The first-order valence-electron chi connectivity index (χ1n) is 11.0. The Morgan fingerprint density at radius 2 is 1.59 bits per heavy atom. The lowest BCUT2D eigenvalue weighted by Gasteiger charge is -2.41. The lowest BCUT2D eigenvalue weighted by Crippen LogP contribution is -2.55. The Balaban J connectivity index is 1.21. The van der Waals surface area contributed by atoms with Gasteiger partial charge in [-0.1, -0.05) is 19.3 Å². The summed E-state index contributed by atoms with van der Waals surface area (Å²) >= 11 is 0. The Kier molecular flexibility index (Phi) is 6.65. The molecular formula is C22H32F2N4O. The molecule has 0 bridgehead atoms. The molecule has 1 saturated carbocycles. The Morgan fingerprint density at radius 3 is 2.24 bits per heavy atom. The number of rotatable bonds is 4. The molecular weight excluding hydrogens is 374 g/mol. The number of benzene rings is 1. The highest BCUT2D eigenvalue weighted by Crippen LogP contribution is 2.24. The lowest BCUT2D eigenvalue weighted by atomic mass is 9.94. The summed E-state index contributed by atoms with van der Waals surface area (Å²) in [5.41, 5.74) is 0.441. The maximum Gasteiger partial charge on any atom is 0.236 e. The van der Waals surface area contributed by atoms with E-state index in [9.17, 15) is 13.6 Å². The number of hydrogen-bond acceptors (Lipinski definition) is 4. The van der Waals surface area contributed by atoms with Gasteiger partial charge in [-0.15, -0.1) is 0 Å². The fourth-order valence-corrected chi connectivity index (χ4v) is 4.96. The van der Waals surface area contributed by atoms with Gasteiger partial charge in [0.05, 0.1) is 12.2 Å². The van der Waals surface area contributed by atoms with E-state index in [1.165, 1.54) is 44.2 Å². The Bertz CT molecular complexity index is 694. The zero-order valence-corrected chi connectivity index (χ0v) is 17.2. The Morgan fingerprint density at radius 1 is 0.897 bits per heavy atom. The number of carbonyl (C=O) groups is 1. The van der Waals surface area contributed by atoms with E-state index in [2.05, 4.69) is 9.80 Å². The van der Waals surface area contributed by atoms with Crippen molar-refractivity contribution in [3.05, 3.63) is 29.8 Å². The van der Waals surface area contributed by atoms with Gasteiger partial charge in [-0.3, -0.25) is 14.6 Å². The predicted molar refractivity (Wildman–Crippen MR) is 110 cm³/mol. The van der Waals surface area contributed by atoms with Gasteiger partial charge in [0, 0.05) is 64.5 Å². The number of piperazine rings is 2. The van der Waals surface area contributed by atoms with Gasteiger partial charge in [-0.2, -0.15) is 0 Å². The van der Waals surface area contributed by atoms with Crippen molar-refractivity contribution in [3.63, 3.8) is 0 Å². The molecule has 3 aliphatic rings. The average Bonchev–Trinajstić information content (AvgIpc) is 2.75. The van der Waals surface area contributed by atoms with Crippen molar-refractivity contribution in [3.8, 4) is 0 Å². The number of carbonyl (C=O) groups excluding carboxylic acids is 1. The molecule has 2 heterocycles. The first-order valence-corrected chi connectivity index (χ1v) is 11.0. The van der Waals surface area contributed by atoms with E-state index < -0.39 is 11.6 Å². The minimum Gasteiger partial charge on any atom is -0.367 e. The molecule has 7 heteroatoms. The largest absolute Gasteiger partial charge is 0.367 e. The second-order valence-electron chi connectivity index (χ2n) is 8.57. The summed E-state index contributed by atoms with van der Waals surface area (Å²) in [5.74, 6) is -0.876. The summed E-state index contributed by atoms with van der Waals surface area (Å²) in [6, 6.07) is 4.44.